The van der Waals surface area contributed by atoms with Gasteiger partial charge in [-0.3, -0.25) is 4.79 Å². The molecule has 10 heteroatoms. The van der Waals surface area contributed by atoms with Gasteiger partial charge in [-0.25, -0.2) is 8.42 Å². The first-order valence-electron chi connectivity index (χ1n) is 9.94. The number of piperidine rings is 1. The first kappa shape index (κ1) is 23.8. The summed E-state index contributed by atoms with van der Waals surface area (Å²) in [5.41, 5.74) is 0.0854. The average Bonchev–Trinajstić information content (AvgIpc) is 2.78. The van der Waals surface area contributed by atoms with Gasteiger partial charge >= 0.3 is 6.18 Å². The fraction of sp³-hybridized carbons (Fsp3) is 0.364. The standard InChI is InChI=1S/C22H22F3N3O3S/c1-27(15-17-6-4-5-16(13-17)14-26)21(29)18-9-11-28(12-10-18)32(30,31)20-8-3-2-7-19(20)22(23,24)25/h2-8,13,18H,9-12,15H2,1H3. The van der Waals surface area contributed by atoms with E-state index in [2.05, 4.69) is 0 Å². The van der Waals surface area contributed by atoms with Crippen LogP contribution in [0.25, 0.3) is 0 Å². The Morgan fingerprint density at radius 1 is 1.16 bits per heavy atom. The number of hydrogen-bond acceptors (Lipinski definition) is 4. The van der Waals surface area contributed by atoms with Gasteiger partial charge in [0.1, 0.15) is 0 Å². The topological polar surface area (TPSA) is 81.5 Å². The maximum atomic E-state index is 13.3. The predicted molar refractivity (Wildman–Crippen MR) is 111 cm³/mol. The van der Waals surface area contributed by atoms with E-state index >= 15 is 0 Å². The van der Waals surface area contributed by atoms with Crippen LogP contribution in [0.2, 0.25) is 0 Å². The summed E-state index contributed by atoms with van der Waals surface area (Å²) in [4.78, 5) is 13.6. The number of hydrogen-bond donors (Lipinski definition) is 0. The monoisotopic (exact) mass is 465 g/mol. The second-order valence-corrected chi connectivity index (χ2v) is 9.59. The summed E-state index contributed by atoms with van der Waals surface area (Å²) in [5.74, 6) is -0.594. The van der Waals surface area contributed by atoms with Crippen molar-refractivity contribution in [2.45, 2.75) is 30.5 Å². The van der Waals surface area contributed by atoms with Crippen LogP contribution < -0.4 is 0 Å². The van der Waals surface area contributed by atoms with Crippen LogP contribution in [0, 0.1) is 17.2 Å². The molecular formula is C22H22F3N3O3S. The van der Waals surface area contributed by atoms with Gasteiger partial charge in [-0.05, 0) is 42.7 Å². The Morgan fingerprint density at radius 2 is 1.81 bits per heavy atom. The zero-order chi connectivity index (χ0) is 23.5. The lowest BCUT2D eigenvalue weighted by Crippen LogP contribution is -2.43. The minimum Gasteiger partial charge on any atom is -0.341 e. The molecule has 1 aliphatic rings. The Hall–Kier alpha value is -2.90. The quantitative estimate of drug-likeness (QED) is 0.675. The molecule has 2 aromatic carbocycles. The third-order valence-electron chi connectivity index (χ3n) is 5.47. The molecule has 2 aromatic rings. The number of benzene rings is 2. The van der Waals surface area contributed by atoms with E-state index in [1.165, 1.54) is 11.0 Å². The van der Waals surface area contributed by atoms with Crippen molar-refractivity contribution >= 4 is 15.9 Å². The van der Waals surface area contributed by atoms with E-state index in [0.717, 1.165) is 28.1 Å². The van der Waals surface area contributed by atoms with Gasteiger partial charge in [0.25, 0.3) is 0 Å². The van der Waals surface area contributed by atoms with Crippen LogP contribution in [0.15, 0.2) is 53.4 Å². The molecule has 1 aliphatic heterocycles. The minimum absolute atomic E-state index is 0.0390. The lowest BCUT2D eigenvalue weighted by Gasteiger charge is -2.33. The summed E-state index contributed by atoms with van der Waals surface area (Å²) in [5, 5.41) is 9.00. The van der Waals surface area contributed by atoms with Gasteiger partial charge < -0.3 is 4.90 Å². The molecule has 3 rings (SSSR count). The van der Waals surface area contributed by atoms with E-state index in [1.807, 2.05) is 6.07 Å². The third-order valence-corrected chi connectivity index (χ3v) is 7.42. The Morgan fingerprint density at radius 3 is 2.44 bits per heavy atom. The van der Waals surface area contributed by atoms with Gasteiger partial charge in [0.2, 0.25) is 15.9 Å². The molecule has 0 unspecified atom stereocenters. The van der Waals surface area contributed by atoms with Crippen LogP contribution in [-0.2, 0) is 27.5 Å². The van der Waals surface area contributed by atoms with Crippen LogP contribution in [0.4, 0.5) is 13.2 Å². The molecule has 1 heterocycles. The number of carbonyl (C=O) groups is 1. The number of sulfonamides is 1. The molecule has 0 saturated carbocycles. The van der Waals surface area contributed by atoms with Crippen molar-refractivity contribution < 1.29 is 26.4 Å². The molecule has 0 spiro atoms. The molecule has 1 amide bonds. The van der Waals surface area contributed by atoms with E-state index in [1.54, 1.807) is 31.3 Å². The average molecular weight is 465 g/mol. The van der Waals surface area contributed by atoms with Gasteiger partial charge in [-0.15, -0.1) is 0 Å². The molecule has 6 nitrogen and oxygen atoms in total. The molecular weight excluding hydrogens is 443 g/mol. The highest BCUT2D eigenvalue weighted by Gasteiger charge is 2.40. The van der Waals surface area contributed by atoms with E-state index in [0.29, 0.717) is 12.1 Å². The highest BCUT2D eigenvalue weighted by Crippen LogP contribution is 2.36. The Labute approximate surface area is 184 Å². The zero-order valence-corrected chi connectivity index (χ0v) is 18.2. The lowest BCUT2D eigenvalue weighted by molar-refractivity contribution is -0.140. The summed E-state index contributed by atoms with van der Waals surface area (Å²) in [7, 11) is -2.71. The zero-order valence-electron chi connectivity index (χ0n) is 17.3. The number of amides is 1. The molecule has 0 aromatic heterocycles. The number of alkyl halides is 3. The van der Waals surface area contributed by atoms with Gasteiger partial charge in [-0.1, -0.05) is 24.3 Å². The third kappa shape index (κ3) is 5.11. The van der Waals surface area contributed by atoms with Crippen LogP contribution in [0.1, 0.15) is 29.5 Å². The summed E-state index contributed by atoms with van der Waals surface area (Å²) in [6.07, 6.45) is -4.35. The number of rotatable bonds is 5. The van der Waals surface area contributed by atoms with Crippen molar-refractivity contribution in [2.75, 3.05) is 20.1 Å². The van der Waals surface area contributed by atoms with E-state index < -0.39 is 32.6 Å². The first-order chi connectivity index (χ1) is 15.0. The van der Waals surface area contributed by atoms with E-state index in [4.69, 9.17) is 5.26 Å². The van der Waals surface area contributed by atoms with Gasteiger partial charge in [0.15, 0.2) is 0 Å². The Balaban J connectivity index is 1.67. The molecule has 170 valence electrons. The van der Waals surface area contributed by atoms with Crippen molar-refractivity contribution in [3.05, 3.63) is 65.2 Å². The van der Waals surface area contributed by atoms with Crippen molar-refractivity contribution in [1.29, 1.82) is 5.26 Å². The summed E-state index contributed by atoms with van der Waals surface area (Å²) in [6.45, 7) is 0.219. The number of halogens is 3. The molecule has 0 atom stereocenters. The van der Waals surface area contributed by atoms with Crippen molar-refractivity contribution in [2.24, 2.45) is 5.92 Å². The van der Waals surface area contributed by atoms with Crippen LogP contribution in [-0.4, -0.2) is 43.7 Å². The lowest BCUT2D eigenvalue weighted by atomic mass is 9.96. The number of nitrogens with zero attached hydrogens (tertiary/aromatic N) is 3. The Kier molecular flexibility index (Phi) is 6.91. The predicted octanol–water partition coefficient (Wildman–Crippen LogP) is 3.64. The molecule has 0 aliphatic carbocycles. The van der Waals surface area contributed by atoms with E-state index in [9.17, 15) is 26.4 Å². The van der Waals surface area contributed by atoms with Crippen molar-refractivity contribution in [3.8, 4) is 6.07 Å². The largest absolute Gasteiger partial charge is 0.417 e. The van der Waals surface area contributed by atoms with Crippen molar-refractivity contribution in [1.82, 2.24) is 9.21 Å². The van der Waals surface area contributed by atoms with Crippen LogP contribution in [0.3, 0.4) is 0 Å². The van der Waals surface area contributed by atoms with E-state index in [-0.39, 0.29) is 31.8 Å². The first-order valence-corrected chi connectivity index (χ1v) is 11.4. The highest BCUT2D eigenvalue weighted by atomic mass is 32.2. The minimum atomic E-state index is -4.79. The van der Waals surface area contributed by atoms with Crippen LogP contribution >= 0.6 is 0 Å². The molecule has 32 heavy (non-hydrogen) atoms. The maximum absolute atomic E-state index is 13.3. The number of nitriles is 1. The fourth-order valence-electron chi connectivity index (χ4n) is 3.81. The highest BCUT2D eigenvalue weighted by molar-refractivity contribution is 7.89. The van der Waals surface area contributed by atoms with Gasteiger partial charge in [0.05, 0.1) is 22.1 Å². The number of carbonyl (C=O) groups excluding carboxylic acids is 1. The summed E-state index contributed by atoms with van der Waals surface area (Å²) in [6, 6.07) is 13.0. The molecule has 1 saturated heterocycles. The van der Waals surface area contributed by atoms with Gasteiger partial charge in [-0.2, -0.15) is 22.7 Å². The summed E-state index contributed by atoms with van der Waals surface area (Å²) >= 11 is 0. The molecule has 0 bridgehead atoms. The normalized spacial score (nSPS) is 15.8. The molecule has 1 fully saturated rings. The smallest absolute Gasteiger partial charge is 0.341 e. The Bertz CT molecular complexity index is 1130. The van der Waals surface area contributed by atoms with Gasteiger partial charge in [0, 0.05) is 32.6 Å². The van der Waals surface area contributed by atoms with Crippen molar-refractivity contribution in [3.63, 3.8) is 0 Å². The fourth-order valence-corrected chi connectivity index (χ4v) is 5.49. The maximum Gasteiger partial charge on any atom is 0.417 e. The van der Waals surface area contributed by atoms with Crippen LogP contribution in [0.5, 0.6) is 0 Å². The summed E-state index contributed by atoms with van der Waals surface area (Å²) < 4.78 is 66.6. The second-order valence-electron chi connectivity index (χ2n) is 7.68. The SMILES string of the molecule is CN(Cc1cccc(C#N)c1)C(=O)C1CCN(S(=O)(=O)c2ccccc2C(F)(F)F)CC1. The molecule has 0 radical (unpaired) electrons. The molecule has 0 N–H and O–H groups in total. The second kappa shape index (κ2) is 9.30.